The summed E-state index contributed by atoms with van der Waals surface area (Å²) in [5.41, 5.74) is 5.81. The van der Waals surface area contributed by atoms with Crippen LogP contribution in [-0.4, -0.2) is 57.4 Å². The van der Waals surface area contributed by atoms with E-state index in [0.29, 0.717) is 13.2 Å². The van der Waals surface area contributed by atoms with Gasteiger partial charge in [-0.05, 0) is 67.3 Å². The van der Waals surface area contributed by atoms with Crippen molar-refractivity contribution in [2.24, 2.45) is 0 Å². The Balaban J connectivity index is 1.44. The first kappa shape index (κ1) is 19.7. The van der Waals surface area contributed by atoms with Crippen LogP contribution < -0.4 is 10.0 Å². The molecule has 1 aromatic carbocycles. The average Bonchev–Trinajstić information content (AvgIpc) is 3.29. The van der Waals surface area contributed by atoms with E-state index in [-0.39, 0.29) is 5.75 Å². The number of nitrogens with one attached hydrogen (secondary N) is 2. The maximum atomic E-state index is 12.5. The number of carbonyl (C=O) groups is 1. The summed E-state index contributed by atoms with van der Waals surface area (Å²) in [6.07, 6.45) is 5.69. The van der Waals surface area contributed by atoms with E-state index in [0.717, 1.165) is 57.3 Å². The number of sulfonamides is 1. The molecule has 0 radical (unpaired) electrons. The molecule has 2 N–H and O–H groups in total. The molecular formula is C20H29N3O4S. The zero-order chi connectivity index (χ0) is 19.7. The average molecular weight is 408 g/mol. The molecule has 2 amide bonds. The van der Waals surface area contributed by atoms with Gasteiger partial charge in [-0.2, -0.15) is 0 Å². The number of rotatable bonds is 5. The van der Waals surface area contributed by atoms with Crippen LogP contribution in [0.1, 0.15) is 42.0 Å². The first-order chi connectivity index (χ1) is 13.4. The zero-order valence-electron chi connectivity index (χ0n) is 16.4. The van der Waals surface area contributed by atoms with Gasteiger partial charge in [0.05, 0.1) is 18.5 Å². The molecule has 0 spiro atoms. The van der Waals surface area contributed by atoms with Crippen molar-refractivity contribution in [3.63, 3.8) is 0 Å². The number of benzene rings is 1. The molecule has 1 saturated heterocycles. The Morgan fingerprint density at radius 2 is 1.86 bits per heavy atom. The maximum Gasteiger partial charge on any atom is 0.332 e. The predicted molar refractivity (Wildman–Crippen MR) is 108 cm³/mol. The fraction of sp³-hybridized carbons (Fsp3) is 0.650. The van der Waals surface area contributed by atoms with E-state index >= 15 is 0 Å². The van der Waals surface area contributed by atoms with Crippen LogP contribution in [-0.2, 0) is 40.4 Å². The first-order valence-corrected chi connectivity index (χ1v) is 11.9. The van der Waals surface area contributed by atoms with Crippen molar-refractivity contribution >= 4 is 21.7 Å². The van der Waals surface area contributed by atoms with Crippen molar-refractivity contribution in [3.8, 4) is 0 Å². The van der Waals surface area contributed by atoms with Crippen molar-refractivity contribution in [3.05, 3.63) is 28.3 Å². The van der Waals surface area contributed by atoms with Crippen molar-refractivity contribution in [2.45, 2.75) is 51.6 Å². The molecule has 1 aromatic rings. The lowest BCUT2D eigenvalue weighted by Crippen LogP contribution is -2.47. The Bertz CT molecular complexity index is 836. The van der Waals surface area contributed by atoms with Gasteiger partial charge in [0, 0.05) is 18.8 Å². The Morgan fingerprint density at radius 3 is 2.50 bits per heavy atom. The number of hydrogen-bond donors (Lipinski definition) is 2. The summed E-state index contributed by atoms with van der Waals surface area (Å²) in [4.78, 5) is 14.7. The molecule has 1 fully saturated rings. The number of fused-ring (bicyclic) bond motifs is 2. The number of nitrogens with zero attached hydrogens (tertiary/aromatic N) is 1. The number of morpholine rings is 1. The van der Waals surface area contributed by atoms with Crippen LogP contribution in [0.3, 0.4) is 0 Å². The summed E-state index contributed by atoms with van der Waals surface area (Å²) >= 11 is 0. The highest BCUT2D eigenvalue weighted by atomic mass is 32.2. The SMILES string of the molecule is CCN1CCOC(CS(=O)(=O)NC(=O)Nc2c3c(cc4c2CCC4)CCC3)C1. The van der Waals surface area contributed by atoms with Crippen LogP contribution in [0, 0.1) is 0 Å². The summed E-state index contributed by atoms with van der Waals surface area (Å²) in [6, 6.07) is 1.61. The fourth-order valence-corrected chi connectivity index (χ4v) is 5.81. The molecule has 28 heavy (non-hydrogen) atoms. The molecule has 0 saturated carbocycles. The van der Waals surface area contributed by atoms with E-state index in [1.807, 2.05) is 6.92 Å². The van der Waals surface area contributed by atoms with Crippen molar-refractivity contribution < 1.29 is 17.9 Å². The second-order valence-corrected chi connectivity index (χ2v) is 9.72. The van der Waals surface area contributed by atoms with Crippen molar-refractivity contribution in [1.29, 1.82) is 0 Å². The van der Waals surface area contributed by atoms with Crippen LogP contribution in [0.5, 0.6) is 0 Å². The lowest BCUT2D eigenvalue weighted by molar-refractivity contribution is -0.0145. The van der Waals surface area contributed by atoms with Gasteiger partial charge in [0.15, 0.2) is 0 Å². The summed E-state index contributed by atoms with van der Waals surface area (Å²) in [6.45, 7) is 4.80. The number of carbonyl (C=O) groups excluding carboxylic acids is 1. The highest BCUT2D eigenvalue weighted by Crippen LogP contribution is 2.38. The largest absolute Gasteiger partial charge is 0.374 e. The van der Waals surface area contributed by atoms with Crippen LogP contribution in [0.2, 0.25) is 0 Å². The lowest BCUT2D eigenvalue weighted by Gasteiger charge is -2.31. The van der Waals surface area contributed by atoms with Gasteiger partial charge in [-0.1, -0.05) is 13.0 Å². The molecule has 1 heterocycles. The Morgan fingerprint density at radius 1 is 1.18 bits per heavy atom. The van der Waals surface area contributed by atoms with E-state index in [1.54, 1.807) is 0 Å². The molecule has 154 valence electrons. The highest BCUT2D eigenvalue weighted by molar-refractivity contribution is 7.90. The molecule has 1 aliphatic heterocycles. The van der Waals surface area contributed by atoms with Crippen molar-refractivity contribution in [1.82, 2.24) is 9.62 Å². The third-order valence-corrected chi connectivity index (χ3v) is 7.34. The molecule has 1 atom stereocenters. The van der Waals surface area contributed by atoms with Crippen molar-refractivity contribution in [2.75, 3.05) is 37.3 Å². The molecule has 0 aromatic heterocycles. The van der Waals surface area contributed by atoms with Crippen LogP contribution in [0.15, 0.2) is 6.07 Å². The van der Waals surface area contributed by atoms with Gasteiger partial charge >= 0.3 is 6.03 Å². The normalized spacial score (nSPS) is 22.0. The highest BCUT2D eigenvalue weighted by Gasteiger charge is 2.28. The minimum atomic E-state index is -3.77. The molecular weight excluding hydrogens is 378 g/mol. The van der Waals surface area contributed by atoms with Crippen LogP contribution >= 0.6 is 0 Å². The van der Waals surface area contributed by atoms with Gasteiger partial charge in [-0.15, -0.1) is 0 Å². The van der Waals surface area contributed by atoms with Crippen LogP contribution in [0.4, 0.5) is 10.5 Å². The van der Waals surface area contributed by atoms with Crippen LogP contribution in [0.25, 0.3) is 0 Å². The van der Waals surface area contributed by atoms with Gasteiger partial charge in [0.2, 0.25) is 10.0 Å². The molecule has 3 aliphatic rings. The first-order valence-electron chi connectivity index (χ1n) is 10.3. The van der Waals surface area contributed by atoms with E-state index in [9.17, 15) is 13.2 Å². The zero-order valence-corrected chi connectivity index (χ0v) is 17.2. The summed E-state index contributed by atoms with van der Waals surface area (Å²) in [7, 11) is -3.77. The number of anilines is 1. The molecule has 8 heteroatoms. The van der Waals surface area contributed by atoms with E-state index in [1.165, 1.54) is 22.3 Å². The van der Waals surface area contributed by atoms with Gasteiger partial charge in [-0.3, -0.25) is 4.90 Å². The standard InChI is InChI=1S/C20H29N3O4S/c1-2-23-9-10-27-16(12-23)13-28(25,26)22-20(24)21-19-17-7-3-5-14(17)11-15-6-4-8-18(15)19/h11,16H,2-10,12-13H2,1H3,(H2,21,22,24). The van der Waals surface area contributed by atoms with E-state index < -0.39 is 22.2 Å². The monoisotopic (exact) mass is 407 g/mol. The Labute approximate surface area is 166 Å². The number of hydrogen-bond acceptors (Lipinski definition) is 5. The minimum Gasteiger partial charge on any atom is -0.374 e. The maximum absolute atomic E-state index is 12.5. The summed E-state index contributed by atoms with van der Waals surface area (Å²) < 4.78 is 32.7. The van der Waals surface area contributed by atoms with Gasteiger partial charge in [0.1, 0.15) is 0 Å². The van der Waals surface area contributed by atoms with E-state index in [2.05, 4.69) is 21.0 Å². The van der Waals surface area contributed by atoms with E-state index in [4.69, 9.17) is 4.74 Å². The Hall–Kier alpha value is -1.64. The van der Waals surface area contributed by atoms with Gasteiger partial charge < -0.3 is 10.1 Å². The summed E-state index contributed by atoms with van der Waals surface area (Å²) in [5.74, 6) is -0.206. The molecule has 7 nitrogen and oxygen atoms in total. The quantitative estimate of drug-likeness (QED) is 0.778. The number of aryl methyl sites for hydroxylation is 2. The smallest absolute Gasteiger partial charge is 0.332 e. The summed E-state index contributed by atoms with van der Waals surface area (Å²) in [5, 5.41) is 2.88. The second kappa shape index (κ2) is 8.00. The Kier molecular flexibility index (Phi) is 5.62. The third kappa shape index (κ3) is 4.18. The second-order valence-electron chi connectivity index (χ2n) is 7.96. The fourth-order valence-electron chi connectivity index (χ4n) is 4.70. The third-order valence-electron chi connectivity index (χ3n) is 6.04. The lowest BCUT2D eigenvalue weighted by atomic mass is 9.99. The van der Waals surface area contributed by atoms with Gasteiger partial charge in [-0.25, -0.2) is 17.9 Å². The molecule has 0 bridgehead atoms. The predicted octanol–water partition coefficient (Wildman–Crippen LogP) is 1.84. The number of ether oxygens (including phenoxy) is 1. The number of urea groups is 1. The molecule has 4 rings (SSSR count). The molecule has 2 aliphatic carbocycles. The van der Waals surface area contributed by atoms with Gasteiger partial charge in [0.25, 0.3) is 0 Å². The number of likely N-dealkylation sites (N-methyl/N-ethyl adjacent to an activating group) is 1. The molecule has 1 unspecified atom stereocenters. The number of amides is 2. The minimum absolute atomic E-state index is 0.206. The topological polar surface area (TPSA) is 87.7 Å².